The Hall–Kier alpha value is -1.98. The normalized spacial score (nSPS) is 11.7. The van der Waals surface area contributed by atoms with Crippen molar-refractivity contribution in [2.75, 3.05) is 12.3 Å². The molecule has 2 amide bonds. The topological polar surface area (TPSA) is 49.4 Å². The number of thioether (sulfide) groups is 1. The number of hydrogen-bond donors (Lipinski definition) is 1. The zero-order valence-electron chi connectivity index (χ0n) is 16.6. The van der Waals surface area contributed by atoms with Crippen molar-refractivity contribution in [2.24, 2.45) is 0 Å². The van der Waals surface area contributed by atoms with Gasteiger partial charge in [-0.3, -0.25) is 9.59 Å². The summed E-state index contributed by atoms with van der Waals surface area (Å²) in [6.45, 7) is 6.51. The van der Waals surface area contributed by atoms with Gasteiger partial charge in [0.2, 0.25) is 11.8 Å². The van der Waals surface area contributed by atoms with E-state index in [-0.39, 0.29) is 11.8 Å². The molecule has 0 spiro atoms. The molecule has 2 aromatic carbocycles. The van der Waals surface area contributed by atoms with Crippen LogP contribution in [-0.4, -0.2) is 35.1 Å². The zero-order chi connectivity index (χ0) is 20.5. The molecule has 0 radical (unpaired) electrons. The molecular weight excluding hydrogens is 392 g/mol. The van der Waals surface area contributed by atoms with Gasteiger partial charge in [0.05, 0.1) is 5.75 Å². The van der Waals surface area contributed by atoms with E-state index in [0.717, 1.165) is 11.3 Å². The molecule has 4 nitrogen and oxygen atoms in total. The number of carbonyl (C=O) groups is 2. The molecule has 0 aliphatic carbocycles. The Bertz CT molecular complexity index is 813. The third-order valence-corrected chi connectivity index (χ3v) is 5.75. The van der Waals surface area contributed by atoms with Crippen molar-refractivity contribution < 1.29 is 9.59 Å². The van der Waals surface area contributed by atoms with Crippen LogP contribution in [0.25, 0.3) is 0 Å². The summed E-state index contributed by atoms with van der Waals surface area (Å²) in [5.41, 5.74) is 3.22. The highest BCUT2D eigenvalue weighted by Crippen LogP contribution is 2.20. The number of benzene rings is 2. The van der Waals surface area contributed by atoms with Gasteiger partial charge < -0.3 is 10.2 Å². The van der Waals surface area contributed by atoms with E-state index in [4.69, 9.17) is 11.6 Å². The number of hydrogen-bond acceptors (Lipinski definition) is 3. The predicted octanol–water partition coefficient (Wildman–Crippen LogP) is 4.44. The summed E-state index contributed by atoms with van der Waals surface area (Å²) in [6.07, 6.45) is 0. The zero-order valence-corrected chi connectivity index (χ0v) is 18.1. The number of carbonyl (C=O) groups excluding carboxylic acids is 2. The highest BCUT2D eigenvalue weighted by Gasteiger charge is 2.26. The third kappa shape index (κ3) is 6.57. The van der Waals surface area contributed by atoms with Crippen LogP contribution in [0.5, 0.6) is 0 Å². The maximum atomic E-state index is 12.9. The molecule has 2 aromatic rings. The number of halogens is 1. The lowest BCUT2D eigenvalue weighted by Gasteiger charge is -2.29. The molecule has 1 unspecified atom stereocenters. The summed E-state index contributed by atoms with van der Waals surface area (Å²) in [6, 6.07) is 15.1. The van der Waals surface area contributed by atoms with Gasteiger partial charge >= 0.3 is 0 Å². The van der Waals surface area contributed by atoms with E-state index in [1.807, 2.05) is 31.2 Å². The molecule has 0 saturated heterocycles. The number of nitrogens with one attached hydrogen (secondary N) is 1. The number of likely N-dealkylation sites (N-methyl/N-ethyl adjacent to an activating group) is 1. The molecule has 0 bridgehead atoms. The van der Waals surface area contributed by atoms with Crippen molar-refractivity contribution in [3.8, 4) is 0 Å². The summed E-state index contributed by atoms with van der Waals surface area (Å²) in [5, 5.41) is 3.39. The van der Waals surface area contributed by atoms with E-state index < -0.39 is 6.04 Å². The van der Waals surface area contributed by atoms with Gasteiger partial charge in [0.1, 0.15) is 6.04 Å². The van der Waals surface area contributed by atoms with Crippen LogP contribution >= 0.6 is 23.4 Å². The molecule has 6 heteroatoms. The van der Waals surface area contributed by atoms with E-state index in [1.165, 1.54) is 11.1 Å². The molecule has 0 heterocycles. The van der Waals surface area contributed by atoms with Crippen molar-refractivity contribution >= 4 is 35.2 Å². The summed E-state index contributed by atoms with van der Waals surface area (Å²) in [7, 11) is 0. The molecule has 0 aromatic heterocycles. The SMILES string of the molecule is CCNC(=O)C(C)N(Cc1ccccc1Cl)C(=O)CSCc1cccc(C)c1. The van der Waals surface area contributed by atoms with Crippen LogP contribution in [0.1, 0.15) is 30.5 Å². The summed E-state index contributed by atoms with van der Waals surface area (Å²) >= 11 is 7.83. The lowest BCUT2D eigenvalue weighted by molar-refractivity contribution is -0.138. The average Bonchev–Trinajstić information content (AvgIpc) is 2.67. The lowest BCUT2D eigenvalue weighted by Crippen LogP contribution is -2.48. The minimum Gasteiger partial charge on any atom is -0.355 e. The Kier molecular flexibility index (Phi) is 8.87. The molecule has 0 aliphatic heterocycles. The molecule has 2 rings (SSSR count). The van der Waals surface area contributed by atoms with E-state index in [0.29, 0.717) is 23.9 Å². The summed E-state index contributed by atoms with van der Waals surface area (Å²) < 4.78 is 0. The van der Waals surface area contributed by atoms with Crippen molar-refractivity contribution in [2.45, 2.75) is 39.1 Å². The number of aryl methyl sites for hydroxylation is 1. The Balaban J connectivity index is 2.07. The monoisotopic (exact) mass is 418 g/mol. The maximum Gasteiger partial charge on any atom is 0.242 e. The van der Waals surface area contributed by atoms with Crippen molar-refractivity contribution in [3.63, 3.8) is 0 Å². The number of nitrogens with zero attached hydrogens (tertiary/aromatic N) is 1. The second-order valence-electron chi connectivity index (χ2n) is 6.67. The molecular formula is C22H27ClN2O2S. The Morgan fingerprint density at radius 3 is 2.61 bits per heavy atom. The molecule has 0 aliphatic rings. The van der Waals surface area contributed by atoms with Crippen LogP contribution in [0, 0.1) is 6.92 Å². The van der Waals surface area contributed by atoms with Gasteiger partial charge in [0, 0.05) is 23.9 Å². The molecule has 0 saturated carbocycles. The van der Waals surface area contributed by atoms with Gasteiger partial charge in [0.15, 0.2) is 0 Å². The van der Waals surface area contributed by atoms with Gasteiger partial charge in [-0.2, -0.15) is 0 Å². The van der Waals surface area contributed by atoms with Crippen molar-refractivity contribution in [3.05, 3.63) is 70.2 Å². The Morgan fingerprint density at radius 1 is 1.18 bits per heavy atom. The van der Waals surface area contributed by atoms with Crippen LogP contribution in [0.2, 0.25) is 5.02 Å². The smallest absolute Gasteiger partial charge is 0.242 e. The van der Waals surface area contributed by atoms with E-state index in [9.17, 15) is 9.59 Å². The highest BCUT2D eigenvalue weighted by molar-refractivity contribution is 7.99. The average molecular weight is 419 g/mol. The molecule has 28 heavy (non-hydrogen) atoms. The van der Waals surface area contributed by atoms with Gasteiger partial charge in [-0.15, -0.1) is 11.8 Å². The fourth-order valence-electron chi connectivity index (χ4n) is 2.86. The highest BCUT2D eigenvalue weighted by atomic mass is 35.5. The summed E-state index contributed by atoms with van der Waals surface area (Å²) in [4.78, 5) is 26.9. The first-order valence-electron chi connectivity index (χ1n) is 9.36. The first-order chi connectivity index (χ1) is 13.4. The van der Waals surface area contributed by atoms with Crippen molar-refractivity contribution in [1.82, 2.24) is 10.2 Å². The lowest BCUT2D eigenvalue weighted by atomic mass is 10.1. The Morgan fingerprint density at radius 2 is 1.93 bits per heavy atom. The van der Waals surface area contributed by atoms with E-state index in [1.54, 1.807) is 29.7 Å². The first kappa shape index (κ1) is 22.3. The fourth-order valence-corrected chi connectivity index (χ4v) is 3.91. The van der Waals surface area contributed by atoms with Gasteiger partial charge in [-0.1, -0.05) is 59.6 Å². The van der Waals surface area contributed by atoms with E-state index in [2.05, 4.69) is 30.4 Å². The fraction of sp³-hybridized carbons (Fsp3) is 0.364. The predicted molar refractivity (Wildman–Crippen MR) is 117 cm³/mol. The third-order valence-electron chi connectivity index (χ3n) is 4.39. The number of amides is 2. The van der Waals surface area contributed by atoms with Gasteiger partial charge in [0.25, 0.3) is 0 Å². The van der Waals surface area contributed by atoms with Crippen LogP contribution in [0.3, 0.4) is 0 Å². The second-order valence-corrected chi connectivity index (χ2v) is 8.06. The Labute approximate surface area is 176 Å². The van der Waals surface area contributed by atoms with Crippen LogP contribution in [-0.2, 0) is 21.9 Å². The van der Waals surface area contributed by atoms with Crippen LogP contribution < -0.4 is 5.32 Å². The maximum absolute atomic E-state index is 12.9. The largest absolute Gasteiger partial charge is 0.355 e. The summed E-state index contributed by atoms with van der Waals surface area (Å²) in [5.74, 6) is 0.827. The number of rotatable bonds is 9. The molecule has 1 atom stereocenters. The quantitative estimate of drug-likeness (QED) is 0.655. The molecule has 1 N–H and O–H groups in total. The molecule has 0 fully saturated rings. The van der Waals surface area contributed by atoms with Crippen molar-refractivity contribution in [1.29, 1.82) is 0 Å². The minimum atomic E-state index is -0.566. The first-order valence-corrected chi connectivity index (χ1v) is 10.9. The van der Waals surface area contributed by atoms with E-state index >= 15 is 0 Å². The van der Waals surface area contributed by atoms with Gasteiger partial charge in [-0.05, 0) is 38.0 Å². The van der Waals surface area contributed by atoms with Gasteiger partial charge in [-0.25, -0.2) is 0 Å². The minimum absolute atomic E-state index is 0.0728. The van der Waals surface area contributed by atoms with Crippen LogP contribution in [0.15, 0.2) is 48.5 Å². The van der Waals surface area contributed by atoms with Crippen LogP contribution in [0.4, 0.5) is 0 Å². The molecule has 150 valence electrons. The second kappa shape index (κ2) is 11.1. The standard InChI is InChI=1S/C22H27ClN2O2S/c1-4-24-22(27)17(3)25(13-19-10-5-6-11-20(19)23)21(26)15-28-14-18-9-7-8-16(2)12-18/h5-12,17H,4,13-15H2,1-3H3,(H,24,27).